The molecule has 256 valence electrons. The Bertz CT molecular complexity index is 1420. The van der Waals surface area contributed by atoms with Crippen LogP contribution in [0.1, 0.15) is 91.0 Å². The number of carbonyl (C=O) groups excluding carboxylic acids is 5. The van der Waals surface area contributed by atoms with Crippen LogP contribution in [0.5, 0.6) is 0 Å². The zero-order chi connectivity index (χ0) is 33.9. The highest BCUT2D eigenvalue weighted by molar-refractivity contribution is 6.38. The number of halogens is 1. The molecule has 4 aliphatic rings. The number of alkyl carbamates (subject to hydrolysis) is 1. The number of nitrogens with zero attached hydrogens (tertiary/aromatic N) is 1. The summed E-state index contributed by atoms with van der Waals surface area (Å²) >= 11 is 6.23. The van der Waals surface area contributed by atoms with Gasteiger partial charge in [0.25, 0.3) is 5.91 Å². The number of hydrogen-bond donors (Lipinski definition) is 4. The van der Waals surface area contributed by atoms with Gasteiger partial charge in [0.2, 0.25) is 17.6 Å². The molecule has 1 spiro atoms. The number of nitrogens with one attached hydrogen (secondary N) is 4. The van der Waals surface area contributed by atoms with Crippen LogP contribution in [0.25, 0.3) is 5.70 Å². The molecule has 4 N–H and O–H groups in total. The smallest absolute Gasteiger partial charge is 0.408 e. The van der Waals surface area contributed by atoms with E-state index in [0.29, 0.717) is 17.1 Å². The Balaban J connectivity index is 1.41. The Hall–Kier alpha value is -3.64. The molecule has 0 bridgehead atoms. The van der Waals surface area contributed by atoms with Gasteiger partial charge in [-0.2, -0.15) is 0 Å². The molecule has 0 aromatic heterocycles. The second-order valence-electron chi connectivity index (χ2n) is 14.2. The van der Waals surface area contributed by atoms with E-state index in [9.17, 15) is 24.0 Å². The first-order valence-corrected chi connectivity index (χ1v) is 17.0. The van der Waals surface area contributed by atoms with E-state index in [1.54, 1.807) is 18.2 Å². The van der Waals surface area contributed by atoms with Gasteiger partial charge in [-0.25, -0.2) is 4.79 Å². The van der Waals surface area contributed by atoms with Crippen LogP contribution in [0.2, 0.25) is 5.02 Å². The molecule has 2 heterocycles. The van der Waals surface area contributed by atoms with Crippen molar-refractivity contribution in [1.29, 1.82) is 0 Å². The SMILES string of the molecule is CCC[C@H](NC(=O)[C@@H]1C[C@]2(C=C(c3cccc(Cl)c3)NO2)CN1C(=O)[C@@H](NC(=O)OC1CCCC1)C(C)(C)C)C(=O)C(=O)NC1CC1. The molecular weight excluding hydrogens is 626 g/mol. The quantitative estimate of drug-likeness (QED) is 0.259. The molecule has 1 aromatic rings. The number of hydroxylamine groups is 1. The van der Waals surface area contributed by atoms with Gasteiger partial charge < -0.3 is 25.6 Å². The number of amides is 4. The number of carbonyl (C=O) groups is 5. The van der Waals surface area contributed by atoms with Gasteiger partial charge in [0.1, 0.15) is 23.8 Å². The van der Waals surface area contributed by atoms with Gasteiger partial charge in [-0.15, -0.1) is 0 Å². The molecule has 2 aliphatic carbocycles. The van der Waals surface area contributed by atoms with Crippen molar-refractivity contribution in [3.8, 4) is 0 Å². The average molecular weight is 672 g/mol. The summed E-state index contributed by atoms with van der Waals surface area (Å²) in [5.41, 5.74) is 2.48. The van der Waals surface area contributed by atoms with Gasteiger partial charge in [-0.3, -0.25) is 29.5 Å². The molecule has 2 saturated carbocycles. The van der Waals surface area contributed by atoms with Crippen LogP contribution < -0.4 is 21.4 Å². The van der Waals surface area contributed by atoms with Crippen molar-refractivity contribution < 1.29 is 33.5 Å². The van der Waals surface area contributed by atoms with E-state index in [4.69, 9.17) is 21.2 Å². The fourth-order valence-corrected chi connectivity index (χ4v) is 6.60. The summed E-state index contributed by atoms with van der Waals surface area (Å²) in [7, 11) is 0. The Kier molecular flexibility index (Phi) is 10.5. The number of benzene rings is 1. The van der Waals surface area contributed by atoms with Crippen LogP contribution in [-0.4, -0.2) is 76.9 Å². The van der Waals surface area contributed by atoms with Gasteiger partial charge in [-0.1, -0.05) is 57.8 Å². The Morgan fingerprint density at radius 1 is 1.11 bits per heavy atom. The molecule has 13 heteroatoms. The third-order valence-corrected chi connectivity index (χ3v) is 9.38. The van der Waals surface area contributed by atoms with Crippen LogP contribution in [0.4, 0.5) is 4.79 Å². The van der Waals surface area contributed by atoms with Crippen LogP contribution in [0, 0.1) is 5.41 Å². The number of hydrogen-bond acceptors (Lipinski definition) is 8. The lowest BCUT2D eigenvalue weighted by Crippen LogP contribution is -2.59. The monoisotopic (exact) mass is 671 g/mol. The summed E-state index contributed by atoms with van der Waals surface area (Å²) in [6.45, 7) is 7.32. The number of ether oxygens (including phenoxy) is 1. The van der Waals surface area contributed by atoms with Crippen molar-refractivity contribution in [2.24, 2.45) is 5.41 Å². The largest absolute Gasteiger partial charge is 0.446 e. The third kappa shape index (κ3) is 8.45. The summed E-state index contributed by atoms with van der Waals surface area (Å²) in [6, 6.07) is 4.01. The van der Waals surface area contributed by atoms with Gasteiger partial charge in [0.15, 0.2) is 0 Å². The summed E-state index contributed by atoms with van der Waals surface area (Å²) in [6.07, 6.45) is 6.97. The molecule has 1 saturated heterocycles. The molecule has 47 heavy (non-hydrogen) atoms. The third-order valence-electron chi connectivity index (χ3n) is 9.14. The molecule has 0 radical (unpaired) electrons. The van der Waals surface area contributed by atoms with Gasteiger partial charge >= 0.3 is 6.09 Å². The van der Waals surface area contributed by atoms with Crippen LogP contribution in [0.3, 0.4) is 0 Å². The lowest BCUT2D eigenvalue weighted by Gasteiger charge is -2.35. The van der Waals surface area contributed by atoms with Crippen LogP contribution >= 0.6 is 11.6 Å². The Morgan fingerprint density at radius 2 is 1.83 bits per heavy atom. The molecular formula is C34H46ClN5O7. The fraction of sp³-hybridized carbons (Fsp3) is 0.618. The first kappa shape index (κ1) is 34.7. The highest BCUT2D eigenvalue weighted by Gasteiger charge is 2.54. The van der Waals surface area contributed by atoms with E-state index in [2.05, 4.69) is 21.4 Å². The van der Waals surface area contributed by atoms with Crippen molar-refractivity contribution in [3.05, 3.63) is 40.9 Å². The highest BCUT2D eigenvalue weighted by atomic mass is 35.5. The zero-order valence-electron chi connectivity index (χ0n) is 27.5. The minimum Gasteiger partial charge on any atom is -0.446 e. The Morgan fingerprint density at radius 3 is 2.47 bits per heavy atom. The summed E-state index contributed by atoms with van der Waals surface area (Å²) in [5.74, 6) is -2.52. The molecule has 12 nitrogen and oxygen atoms in total. The first-order valence-electron chi connectivity index (χ1n) is 16.6. The predicted molar refractivity (Wildman–Crippen MR) is 175 cm³/mol. The maximum Gasteiger partial charge on any atom is 0.408 e. The van der Waals surface area contributed by atoms with Gasteiger partial charge in [0.05, 0.1) is 18.3 Å². The second-order valence-corrected chi connectivity index (χ2v) is 14.7. The second kappa shape index (κ2) is 14.2. The van der Waals surface area contributed by atoms with E-state index in [0.717, 1.165) is 44.1 Å². The number of rotatable bonds is 11. The van der Waals surface area contributed by atoms with Crippen molar-refractivity contribution in [1.82, 2.24) is 26.3 Å². The van der Waals surface area contributed by atoms with E-state index in [1.807, 2.05) is 39.8 Å². The van der Waals surface area contributed by atoms with E-state index >= 15 is 0 Å². The molecule has 4 amide bonds. The maximum atomic E-state index is 14.4. The standard InChI is InChI=1S/C34H46ClN5O7/c1-5-9-24(27(41)30(43)36-22-14-15-22)37-29(42)26-18-34(17-25(39-47-34)20-10-8-11-21(35)16-20)19-40(26)31(44)28(33(2,3)4)38-32(45)46-23-12-6-7-13-23/h8,10-11,16-17,22-24,26,28,39H,5-7,9,12-15,18-19H2,1-4H3,(H,36,43)(H,37,42)(H,38,45)/t24-,26-,28+,34+/m0/s1. The highest BCUT2D eigenvalue weighted by Crippen LogP contribution is 2.39. The summed E-state index contributed by atoms with van der Waals surface area (Å²) < 4.78 is 5.62. The number of likely N-dealkylation sites (tertiary alicyclic amines) is 1. The Labute approximate surface area is 280 Å². The molecule has 3 fully saturated rings. The van der Waals surface area contributed by atoms with Crippen molar-refractivity contribution in [3.63, 3.8) is 0 Å². The van der Waals surface area contributed by atoms with Crippen LogP contribution in [0.15, 0.2) is 30.3 Å². The van der Waals surface area contributed by atoms with Crippen molar-refractivity contribution in [2.75, 3.05) is 6.54 Å². The molecule has 5 rings (SSSR count). The molecule has 4 atom stereocenters. The van der Waals surface area contributed by atoms with Crippen molar-refractivity contribution >= 4 is 46.9 Å². The first-order chi connectivity index (χ1) is 22.3. The van der Waals surface area contributed by atoms with E-state index in [1.165, 1.54) is 4.90 Å². The van der Waals surface area contributed by atoms with Gasteiger partial charge in [0, 0.05) is 23.0 Å². The summed E-state index contributed by atoms with van der Waals surface area (Å²) in [5, 5.41) is 8.79. The average Bonchev–Trinajstić information content (AvgIpc) is 3.37. The minimum absolute atomic E-state index is 0.0121. The van der Waals surface area contributed by atoms with Crippen LogP contribution in [-0.2, 0) is 28.8 Å². The summed E-state index contributed by atoms with van der Waals surface area (Å²) in [4.78, 5) is 74.7. The molecule has 0 unspecified atom stereocenters. The maximum absolute atomic E-state index is 14.4. The van der Waals surface area contributed by atoms with Crippen molar-refractivity contribution in [2.45, 2.75) is 121 Å². The zero-order valence-corrected chi connectivity index (χ0v) is 28.3. The number of ketones is 1. The fourth-order valence-electron chi connectivity index (χ4n) is 6.41. The normalized spacial score (nSPS) is 23.9. The van der Waals surface area contributed by atoms with Gasteiger partial charge in [-0.05, 0) is 68.6 Å². The molecule has 1 aromatic carbocycles. The topological polar surface area (TPSA) is 155 Å². The molecule has 2 aliphatic heterocycles. The van der Waals surface area contributed by atoms with E-state index in [-0.39, 0.29) is 31.5 Å². The number of Topliss-reactive ketones (excluding diaryl/α,β-unsaturated/α-hetero) is 1. The predicted octanol–water partition coefficient (Wildman–Crippen LogP) is 3.77. The lowest BCUT2D eigenvalue weighted by atomic mass is 9.85. The lowest BCUT2D eigenvalue weighted by molar-refractivity contribution is -0.144. The van der Waals surface area contributed by atoms with E-state index < -0.39 is 58.7 Å². The minimum atomic E-state index is -1.10.